The Bertz CT molecular complexity index is 901. The van der Waals surface area contributed by atoms with E-state index in [0.717, 1.165) is 20.6 Å². The van der Waals surface area contributed by atoms with Crippen molar-refractivity contribution < 1.29 is 4.57 Å². The zero-order valence-electron chi connectivity index (χ0n) is 13.7. The fourth-order valence-electron chi connectivity index (χ4n) is 2.74. The van der Waals surface area contributed by atoms with Gasteiger partial charge in [0.15, 0.2) is 7.14 Å². The van der Waals surface area contributed by atoms with E-state index < -0.39 is 7.14 Å². The molecular weight excluding hydrogens is 391 g/mol. The second-order valence-electron chi connectivity index (χ2n) is 5.71. The van der Waals surface area contributed by atoms with Gasteiger partial charge in [-0.15, -0.1) is 0 Å². The zero-order chi connectivity index (χ0) is 17.9. The molecule has 0 unspecified atom stereocenters. The summed E-state index contributed by atoms with van der Waals surface area (Å²) in [5.41, 5.74) is 1.61. The van der Waals surface area contributed by atoms with Gasteiger partial charge in [-0.3, -0.25) is 0 Å². The van der Waals surface area contributed by atoms with Gasteiger partial charge in [0.1, 0.15) is 0 Å². The fourth-order valence-corrected chi connectivity index (χ4v) is 5.62. The van der Waals surface area contributed by atoms with Gasteiger partial charge >= 0.3 is 0 Å². The lowest BCUT2D eigenvalue weighted by molar-refractivity contribution is 0.591. The first kappa shape index (κ1) is 17.7. The largest absolute Gasteiger partial charge is 0.309 e. The number of benzene rings is 3. The molecule has 0 heterocycles. The van der Waals surface area contributed by atoms with Crippen molar-refractivity contribution in [2.24, 2.45) is 0 Å². The quantitative estimate of drug-likeness (QED) is 0.374. The summed E-state index contributed by atoms with van der Waals surface area (Å²) in [7, 11) is -3.05. The van der Waals surface area contributed by atoms with Crippen LogP contribution in [0.5, 0.6) is 0 Å². The average Bonchev–Trinajstić information content (AvgIpc) is 2.68. The van der Waals surface area contributed by atoms with E-state index in [2.05, 4.69) is 29.1 Å². The lowest BCUT2D eigenvalue weighted by Gasteiger charge is -2.23. The molecule has 0 aliphatic rings. The van der Waals surface area contributed by atoms with Crippen molar-refractivity contribution in [3.05, 3.63) is 113 Å². The van der Waals surface area contributed by atoms with E-state index in [1.807, 2.05) is 84.9 Å². The molecule has 1 nitrogen and oxygen atoms in total. The highest BCUT2D eigenvalue weighted by Gasteiger charge is 2.32. The normalized spacial score (nSPS) is 11.1. The van der Waals surface area contributed by atoms with E-state index in [1.165, 1.54) is 0 Å². The summed E-state index contributed by atoms with van der Waals surface area (Å²) in [5.74, 6) is 0. The highest BCUT2D eigenvalue weighted by molar-refractivity contribution is 9.10. The number of rotatable bonds is 5. The lowest BCUT2D eigenvalue weighted by Crippen LogP contribution is -2.17. The van der Waals surface area contributed by atoms with E-state index in [0.29, 0.717) is 10.9 Å². The molecule has 0 bridgehead atoms. The summed E-state index contributed by atoms with van der Waals surface area (Å²) in [4.78, 5) is 0. The number of halogens is 1. The zero-order valence-corrected chi connectivity index (χ0v) is 16.2. The molecule has 0 N–H and O–H groups in total. The minimum Gasteiger partial charge on any atom is -0.309 e. The van der Waals surface area contributed by atoms with Gasteiger partial charge in [-0.2, -0.15) is 0 Å². The summed E-state index contributed by atoms with van der Waals surface area (Å²) in [5, 5.41) is 2.10. The highest BCUT2D eigenvalue weighted by atomic mass is 79.9. The molecule has 0 spiro atoms. The van der Waals surface area contributed by atoms with Crippen molar-refractivity contribution in [1.29, 1.82) is 0 Å². The molecule has 3 rings (SSSR count). The van der Waals surface area contributed by atoms with Crippen molar-refractivity contribution in [3.8, 4) is 0 Å². The smallest absolute Gasteiger partial charge is 0.171 e. The van der Waals surface area contributed by atoms with Crippen LogP contribution in [0, 0.1) is 0 Å². The third-order valence-corrected chi connectivity index (χ3v) is 7.77. The third-order valence-electron chi connectivity index (χ3n) is 4.16. The molecule has 3 aromatic rings. The van der Waals surface area contributed by atoms with Crippen molar-refractivity contribution in [2.75, 3.05) is 0 Å². The van der Waals surface area contributed by atoms with Crippen LogP contribution in [-0.2, 0) is 4.57 Å². The van der Waals surface area contributed by atoms with Crippen molar-refractivity contribution >= 4 is 39.3 Å². The minimum absolute atomic E-state index is 0.562. The second kappa shape index (κ2) is 7.39. The molecule has 0 atom stereocenters. The van der Waals surface area contributed by atoms with Crippen LogP contribution in [0.25, 0.3) is 5.57 Å². The van der Waals surface area contributed by atoms with Crippen LogP contribution in [0.3, 0.4) is 0 Å². The predicted molar refractivity (Wildman–Crippen MR) is 112 cm³/mol. The first-order chi connectivity index (χ1) is 12.0. The Labute approximate surface area is 157 Å². The minimum atomic E-state index is -3.05. The van der Waals surface area contributed by atoms with Crippen LogP contribution in [0.4, 0.5) is 0 Å². The van der Waals surface area contributed by atoms with Gasteiger partial charge in [0, 0.05) is 20.4 Å². The number of hydrogen-bond acceptors (Lipinski definition) is 1. The van der Waals surface area contributed by atoms with E-state index in [-0.39, 0.29) is 0 Å². The van der Waals surface area contributed by atoms with Crippen LogP contribution in [0.1, 0.15) is 5.56 Å². The Morgan fingerprint density at radius 1 is 0.720 bits per heavy atom. The predicted octanol–water partition coefficient (Wildman–Crippen LogP) is 5.99. The molecule has 0 saturated heterocycles. The molecule has 25 heavy (non-hydrogen) atoms. The van der Waals surface area contributed by atoms with Gasteiger partial charge in [-0.25, -0.2) is 0 Å². The first-order valence-corrected chi connectivity index (χ1v) is 10.4. The van der Waals surface area contributed by atoms with Crippen molar-refractivity contribution in [1.82, 2.24) is 0 Å². The molecule has 0 aliphatic heterocycles. The molecule has 3 aromatic carbocycles. The van der Waals surface area contributed by atoms with Gasteiger partial charge < -0.3 is 4.57 Å². The van der Waals surface area contributed by atoms with E-state index >= 15 is 0 Å². The molecule has 124 valence electrons. The topological polar surface area (TPSA) is 17.1 Å². The summed E-state index contributed by atoms with van der Waals surface area (Å²) in [6.45, 7) is 8.39. The van der Waals surface area contributed by atoms with Crippen LogP contribution in [0.2, 0.25) is 0 Å². The highest BCUT2D eigenvalue weighted by Crippen LogP contribution is 2.55. The molecule has 0 fully saturated rings. The van der Waals surface area contributed by atoms with Gasteiger partial charge in [0.05, 0.1) is 0 Å². The Morgan fingerprint density at radius 2 is 1.16 bits per heavy atom. The van der Waals surface area contributed by atoms with Gasteiger partial charge in [0.25, 0.3) is 0 Å². The third kappa shape index (κ3) is 3.46. The molecule has 0 amide bonds. The van der Waals surface area contributed by atoms with Gasteiger partial charge in [-0.1, -0.05) is 102 Å². The maximum absolute atomic E-state index is 14.2. The Morgan fingerprint density at radius 3 is 1.60 bits per heavy atom. The molecule has 0 aliphatic carbocycles. The SMILES string of the molecule is C=C(C(=C)P(=O)(c1ccccc1)c1ccccc1)c1ccc(Br)cc1. The van der Waals surface area contributed by atoms with Gasteiger partial charge in [0.2, 0.25) is 0 Å². The maximum atomic E-state index is 14.2. The Kier molecular flexibility index (Phi) is 5.22. The molecular formula is C22H18BrOP. The summed E-state index contributed by atoms with van der Waals surface area (Å²) < 4.78 is 15.2. The Hall–Kier alpha value is -2.15. The Balaban J connectivity index is 2.12. The average molecular weight is 409 g/mol. The number of allylic oxidation sites excluding steroid dienone is 2. The molecule has 0 aromatic heterocycles. The molecule has 3 heteroatoms. The van der Waals surface area contributed by atoms with E-state index in [4.69, 9.17) is 0 Å². The van der Waals surface area contributed by atoms with Crippen LogP contribution >= 0.6 is 23.1 Å². The fraction of sp³-hybridized carbons (Fsp3) is 0. The van der Waals surface area contributed by atoms with Crippen molar-refractivity contribution in [3.63, 3.8) is 0 Å². The van der Waals surface area contributed by atoms with E-state index in [9.17, 15) is 4.57 Å². The molecule has 0 saturated carbocycles. The summed E-state index contributed by atoms with van der Waals surface area (Å²) in [6, 6.07) is 26.9. The van der Waals surface area contributed by atoms with Gasteiger partial charge in [-0.05, 0) is 23.3 Å². The van der Waals surface area contributed by atoms with Crippen LogP contribution in [-0.4, -0.2) is 0 Å². The van der Waals surface area contributed by atoms with Crippen LogP contribution < -0.4 is 10.6 Å². The molecule has 0 radical (unpaired) electrons. The second-order valence-corrected chi connectivity index (χ2v) is 9.42. The number of hydrogen-bond donors (Lipinski definition) is 0. The summed E-state index contributed by atoms with van der Waals surface area (Å²) in [6.07, 6.45) is 0. The maximum Gasteiger partial charge on any atom is 0.171 e. The van der Waals surface area contributed by atoms with E-state index in [1.54, 1.807) is 0 Å². The lowest BCUT2D eigenvalue weighted by atomic mass is 10.1. The summed E-state index contributed by atoms with van der Waals surface area (Å²) >= 11 is 3.44. The van der Waals surface area contributed by atoms with Crippen LogP contribution in [0.15, 0.2) is 108 Å². The standard InChI is InChI=1S/C22H18BrOP/c1-17(19-13-15-20(23)16-14-19)18(2)25(24,21-9-5-3-6-10-21)22-11-7-4-8-12-22/h3-16H,1-2H2. The first-order valence-electron chi connectivity index (χ1n) is 7.89. The van der Waals surface area contributed by atoms with Crippen molar-refractivity contribution in [2.45, 2.75) is 0 Å². The monoisotopic (exact) mass is 408 g/mol.